The van der Waals surface area contributed by atoms with Crippen molar-refractivity contribution in [3.63, 3.8) is 0 Å². The zero-order chi connectivity index (χ0) is 17.7. The number of halogens is 1. The Morgan fingerprint density at radius 2 is 2.21 bits per heavy atom. The molecule has 0 fully saturated rings. The Labute approximate surface area is 154 Å². The summed E-state index contributed by atoms with van der Waals surface area (Å²) >= 11 is 12.7. The average molecular weight is 386 g/mol. The van der Waals surface area contributed by atoms with Crippen LogP contribution in [0.3, 0.4) is 0 Å². The van der Waals surface area contributed by atoms with Crippen molar-refractivity contribution in [3.8, 4) is 5.75 Å². The van der Waals surface area contributed by atoms with Gasteiger partial charge in [-0.05, 0) is 43.1 Å². The largest absolute Gasteiger partial charge is 0.495 e. The van der Waals surface area contributed by atoms with Crippen LogP contribution in [-0.2, 0) is 0 Å². The van der Waals surface area contributed by atoms with Crippen molar-refractivity contribution in [1.82, 2.24) is 20.2 Å². The highest BCUT2D eigenvalue weighted by Crippen LogP contribution is 2.24. The van der Waals surface area contributed by atoms with Crippen LogP contribution in [0.2, 0.25) is 5.02 Å². The molecule has 0 saturated heterocycles. The lowest BCUT2D eigenvalue weighted by Gasteiger charge is -2.13. The van der Waals surface area contributed by atoms with Crippen LogP contribution >= 0.6 is 35.6 Å². The quantitative estimate of drug-likeness (QED) is 0.604. The highest BCUT2D eigenvalue weighted by atomic mass is 35.5. The van der Waals surface area contributed by atoms with E-state index in [1.807, 2.05) is 6.92 Å². The van der Waals surface area contributed by atoms with E-state index in [0.717, 1.165) is 5.75 Å². The minimum atomic E-state index is -0.382. The van der Waals surface area contributed by atoms with Gasteiger partial charge in [0.15, 0.2) is 5.11 Å². The van der Waals surface area contributed by atoms with Gasteiger partial charge >= 0.3 is 0 Å². The minimum Gasteiger partial charge on any atom is -0.495 e. The van der Waals surface area contributed by atoms with Gasteiger partial charge in [0, 0.05) is 5.56 Å². The molecule has 0 bridgehead atoms. The molecule has 0 saturated carbocycles. The molecule has 2 N–H and O–H groups in total. The fourth-order valence-electron chi connectivity index (χ4n) is 1.81. The van der Waals surface area contributed by atoms with E-state index in [0.29, 0.717) is 27.3 Å². The number of thioether (sulfide) groups is 1. The second-order valence-corrected chi connectivity index (χ2v) is 6.59. The van der Waals surface area contributed by atoms with Crippen LogP contribution in [0, 0.1) is 6.92 Å². The predicted octanol–water partition coefficient (Wildman–Crippen LogP) is 2.62. The van der Waals surface area contributed by atoms with E-state index in [-0.39, 0.29) is 11.0 Å². The van der Waals surface area contributed by atoms with Gasteiger partial charge in [0.2, 0.25) is 5.16 Å². The number of aryl methyl sites for hydroxylation is 1. The van der Waals surface area contributed by atoms with E-state index < -0.39 is 0 Å². The molecular formula is C14H16ClN5O2S2. The zero-order valence-electron chi connectivity index (χ0n) is 13.3. The molecule has 0 aliphatic rings. The lowest BCUT2D eigenvalue weighted by Crippen LogP contribution is -2.38. The molecule has 1 aromatic carbocycles. The first-order chi connectivity index (χ1) is 11.5. The third kappa shape index (κ3) is 4.37. The Morgan fingerprint density at radius 3 is 2.83 bits per heavy atom. The lowest BCUT2D eigenvalue weighted by atomic mass is 10.2. The Balaban J connectivity index is 2.06. The summed E-state index contributed by atoms with van der Waals surface area (Å²) in [4.78, 5) is 12.2. The minimum absolute atomic E-state index is 0.132. The summed E-state index contributed by atoms with van der Waals surface area (Å²) < 4.78 is 6.68. The molecule has 2 aromatic rings. The SMILES string of the molecule is CCSc1nnc(C)n1NC(=S)NC(=O)c1ccc(OC)c(Cl)c1. The number of methoxy groups -OCH3 is 1. The summed E-state index contributed by atoms with van der Waals surface area (Å²) in [6, 6.07) is 4.74. The van der Waals surface area contributed by atoms with Gasteiger partial charge in [-0.25, -0.2) is 4.68 Å². The van der Waals surface area contributed by atoms with Gasteiger partial charge < -0.3 is 4.74 Å². The molecule has 0 aliphatic carbocycles. The normalized spacial score (nSPS) is 10.3. The number of nitrogens with zero attached hydrogens (tertiary/aromatic N) is 3. The first-order valence-electron chi connectivity index (χ1n) is 6.97. The first-order valence-corrected chi connectivity index (χ1v) is 8.74. The van der Waals surface area contributed by atoms with Crippen molar-refractivity contribution >= 4 is 46.6 Å². The number of carbonyl (C=O) groups is 1. The summed E-state index contributed by atoms with van der Waals surface area (Å²) in [6.45, 7) is 3.79. The highest BCUT2D eigenvalue weighted by molar-refractivity contribution is 7.99. The summed E-state index contributed by atoms with van der Waals surface area (Å²) in [6.07, 6.45) is 0. The van der Waals surface area contributed by atoms with Crippen molar-refractivity contribution in [1.29, 1.82) is 0 Å². The number of ether oxygens (including phenoxy) is 1. The number of aromatic nitrogens is 3. The summed E-state index contributed by atoms with van der Waals surface area (Å²) in [7, 11) is 1.51. The third-order valence-electron chi connectivity index (χ3n) is 2.92. The molecule has 1 amide bonds. The van der Waals surface area contributed by atoms with Crippen LogP contribution in [0.4, 0.5) is 0 Å². The number of hydrogen-bond acceptors (Lipinski definition) is 6. The Kier molecular flexibility index (Phi) is 6.41. The second-order valence-electron chi connectivity index (χ2n) is 4.54. The molecule has 24 heavy (non-hydrogen) atoms. The standard InChI is InChI=1S/C14H16ClN5O2S2/c1-4-24-14-18-17-8(2)20(14)19-13(23)16-12(21)9-5-6-11(22-3)10(15)7-9/h5-7H,4H2,1-3H3,(H2,16,19,21,23). The third-order valence-corrected chi connectivity index (χ3v) is 4.22. The van der Waals surface area contributed by atoms with Crippen molar-refractivity contribution in [2.75, 3.05) is 18.3 Å². The van der Waals surface area contributed by atoms with Crippen LogP contribution in [0.15, 0.2) is 23.4 Å². The fraction of sp³-hybridized carbons (Fsp3) is 0.286. The van der Waals surface area contributed by atoms with Gasteiger partial charge in [-0.2, -0.15) is 0 Å². The molecular weight excluding hydrogens is 370 g/mol. The van der Waals surface area contributed by atoms with E-state index in [2.05, 4.69) is 20.9 Å². The summed E-state index contributed by atoms with van der Waals surface area (Å²) in [5.41, 5.74) is 3.26. The fourth-order valence-corrected chi connectivity index (χ4v) is 2.91. The molecule has 0 aliphatic heterocycles. The highest BCUT2D eigenvalue weighted by Gasteiger charge is 2.13. The number of nitrogens with one attached hydrogen (secondary N) is 2. The van der Waals surface area contributed by atoms with E-state index in [1.54, 1.807) is 23.7 Å². The van der Waals surface area contributed by atoms with Gasteiger partial charge in [0.05, 0.1) is 12.1 Å². The molecule has 0 spiro atoms. The van der Waals surface area contributed by atoms with E-state index >= 15 is 0 Å². The van der Waals surface area contributed by atoms with Gasteiger partial charge in [0.25, 0.3) is 5.91 Å². The van der Waals surface area contributed by atoms with Gasteiger partial charge in [-0.3, -0.25) is 15.5 Å². The molecule has 0 atom stereocenters. The summed E-state index contributed by atoms with van der Waals surface area (Å²) in [5, 5.41) is 11.8. The monoisotopic (exact) mass is 385 g/mol. The van der Waals surface area contributed by atoms with Crippen molar-refractivity contribution in [2.24, 2.45) is 0 Å². The lowest BCUT2D eigenvalue weighted by molar-refractivity contribution is 0.0977. The number of hydrogen-bond donors (Lipinski definition) is 2. The first kappa shape index (κ1) is 18.5. The molecule has 2 rings (SSSR count). The average Bonchev–Trinajstić information content (AvgIpc) is 2.88. The van der Waals surface area contributed by atoms with Gasteiger partial charge in [-0.15, -0.1) is 10.2 Å². The number of thiocarbonyl (C=S) groups is 1. The molecule has 0 unspecified atom stereocenters. The maximum absolute atomic E-state index is 12.2. The maximum atomic E-state index is 12.2. The topological polar surface area (TPSA) is 81.1 Å². The van der Waals surface area contributed by atoms with Crippen LogP contribution in [0.5, 0.6) is 5.75 Å². The maximum Gasteiger partial charge on any atom is 0.257 e. The number of rotatable bonds is 5. The Bertz CT molecular complexity index is 766. The molecule has 128 valence electrons. The molecule has 1 heterocycles. The molecule has 10 heteroatoms. The van der Waals surface area contributed by atoms with Crippen LogP contribution < -0.4 is 15.5 Å². The van der Waals surface area contributed by atoms with Crippen molar-refractivity contribution in [3.05, 3.63) is 34.6 Å². The van der Waals surface area contributed by atoms with Crippen LogP contribution in [-0.4, -0.2) is 38.8 Å². The Hall–Kier alpha value is -1.84. The van der Waals surface area contributed by atoms with E-state index in [1.165, 1.54) is 24.9 Å². The zero-order valence-corrected chi connectivity index (χ0v) is 15.7. The second kappa shape index (κ2) is 8.32. The molecule has 1 aromatic heterocycles. The predicted molar refractivity (Wildman–Crippen MR) is 98.6 cm³/mol. The number of carbonyl (C=O) groups excluding carboxylic acids is 1. The van der Waals surface area contributed by atoms with Crippen molar-refractivity contribution < 1.29 is 9.53 Å². The van der Waals surface area contributed by atoms with Gasteiger partial charge in [-0.1, -0.05) is 30.3 Å². The van der Waals surface area contributed by atoms with E-state index in [4.69, 9.17) is 28.6 Å². The molecule has 0 radical (unpaired) electrons. The summed E-state index contributed by atoms with van der Waals surface area (Å²) in [5.74, 6) is 1.58. The van der Waals surface area contributed by atoms with Crippen LogP contribution in [0.25, 0.3) is 0 Å². The smallest absolute Gasteiger partial charge is 0.257 e. The van der Waals surface area contributed by atoms with Crippen LogP contribution in [0.1, 0.15) is 23.1 Å². The van der Waals surface area contributed by atoms with Crippen molar-refractivity contribution in [2.45, 2.75) is 19.0 Å². The number of benzene rings is 1. The van der Waals surface area contributed by atoms with Gasteiger partial charge in [0.1, 0.15) is 11.6 Å². The molecule has 7 nitrogen and oxygen atoms in total. The number of amides is 1. The van der Waals surface area contributed by atoms with E-state index in [9.17, 15) is 4.79 Å². The Morgan fingerprint density at radius 1 is 1.46 bits per heavy atom.